The van der Waals surface area contributed by atoms with Gasteiger partial charge in [0.1, 0.15) is 30.9 Å². The highest BCUT2D eigenvalue weighted by Crippen LogP contribution is 2.40. The summed E-state index contributed by atoms with van der Waals surface area (Å²) in [5.41, 5.74) is 1.74. The van der Waals surface area contributed by atoms with Gasteiger partial charge in [-0.2, -0.15) is 0 Å². The first-order valence-corrected chi connectivity index (χ1v) is 24.2. The van der Waals surface area contributed by atoms with Gasteiger partial charge in [-0.15, -0.1) is 5.10 Å². The van der Waals surface area contributed by atoms with Crippen LogP contribution in [0.15, 0.2) is 71.7 Å². The lowest BCUT2D eigenvalue weighted by atomic mass is 9.86. The van der Waals surface area contributed by atoms with E-state index in [1.54, 1.807) is 62.5 Å². The van der Waals surface area contributed by atoms with Crippen LogP contribution < -0.4 is 32.1 Å². The Kier molecular flexibility index (Phi) is 16.3. The molecule has 75 heavy (non-hydrogen) atoms. The second kappa shape index (κ2) is 23.1. The summed E-state index contributed by atoms with van der Waals surface area (Å²) in [6.45, 7) is 1.70. The number of cyclic esters (lactones) is 1. The molecule has 0 spiro atoms. The Balaban J connectivity index is 0.800. The summed E-state index contributed by atoms with van der Waals surface area (Å²) in [7, 11) is 0. The minimum atomic E-state index is -2.03. The number of rotatable bonds is 23. The number of aliphatic hydroxyl groups is 1. The molecule has 3 aromatic heterocycles. The molecule has 0 radical (unpaired) electrons. The molecule has 6 heterocycles. The quantitative estimate of drug-likeness (QED) is 0.0218. The minimum Gasteiger partial charge on any atom is -0.458 e. The zero-order chi connectivity index (χ0) is 53.4. The lowest BCUT2D eigenvalue weighted by Crippen LogP contribution is -2.52. The van der Waals surface area contributed by atoms with E-state index >= 15 is 0 Å². The summed E-state index contributed by atoms with van der Waals surface area (Å²) in [4.78, 5) is 119. The first-order chi connectivity index (χ1) is 36.0. The number of fused-ring (bicyclic) bond motifs is 5. The van der Waals surface area contributed by atoms with Gasteiger partial charge in [0.2, 0.25) is 29.5 Å². The van der Waals surface area contributed by atoms with Crippen LogP contribution in [0.2, 0.25) is 0 Å². The Hall–Kier alpha value is -8.51. The van der Waals surface area contributed by atoms with Crippen LogP contribution in [0.1, 0.15) is 78.1 Å². The molecule has 7 amide bonds. The number of hydrogen-bond donors (Lipinski definition) is 6. The number of aromatic nitrogens is 5. The van der Waals surface area contributed by atoms with Crippen LogP contribution in [0.5, 0.6) is 0 Å². The Morgan fingerprint density at radius 2 is 1.60 bits per heavy atom. The van der Waals surface area contributed by atoms with E-state index in [2.05, 4.69) is 36.9 Å². The predicted octanol–water partition coefficient (Wildman–Crippen LogP) is 0.319. The first kappa shape index (κ1) is 52.8. The number of ether oxygens (including phenoxy) is 2. The standard InChI is InChI=1S/C51H54FN11O12/c1-3-51(73)36-18-40-47-34(25-63(40)49(71)35(36)27-75-50(51)72)33(32-16-29(2)37(52)19-38(32)58-47)24-61-23-31(59-60-61)26-74-28-56-43(66)21-55-48(70)39(17-30-10-6-4-7-11-30)57-44(67)22-54-42(65)20-53-41(64)12-8-5-9-15-62-45(68)13-14-46(62)69/h4,6-7,10-11,13-14,16,18-19,23,39,73H,3,5,8-9,12,15,17,20-22,24-28H2,1-2H3,(H,53,64)(H,54,65)(H,55,70)(H,56,66)(H,57,67)/t39-,51+/m1/s1. The normalized spacial score (nSPS) is 15.7. The van der Waals surface area contributed by atoms with Crippen LogP contribution in [0.25, 0.3) is 22.3 Å². The molecule has 5 aromatic rings. The first-order valence-electron chi connectivity index (χ1n) is 24.2. The van der Waals surface area contributed by atoms with Crippen molar-refractivity contribution in [2.24, 2.45) is 0 Å². The number of halogens is 1. The molecule has 0 bridgehead atoms. The van der Waals surface area contributed by atoms with Crippen molar-refractivity contribution >= 4 is 58.2 Å². The average Bonchev–Trinajstić information content (AvgIpc) is 4.11. The summed E-state index contributed by atoms with van der Waals surface area (Å²) in [5.74, 6) is -5.08. The fraction of sp³-hybridized carbons (Fsp3) is 0.373. The lowest BCUT2D eigenvalue weighted by molar-refractivity contribution is -0.172. The summed E-state index contributed by atoms with van der Waals surface area (Å²) in [6, 6.07) is 12.3. The van der Waals surface area contributed by atoms with E-state index in [0.717, 1.165) is 4.90 Å². The van der Waals surface area contributed by atoms with E-state index < -0.39 is 78.2 Å². The van der Waals surface area contributed by atoms with Gasteiger partial charge >= 0.3 is 5.97 Å². The zero-order valence-corrected chi connectivity index (χ0v) is 41.0. The van der Waals surface area contributed by atoms with Crippen molar-refractivity contribution in [2.75, 3.05) is 32.9 Å². The molecule has 2 atom stereocenters. The van der Waals surface area contributed by atoms with Gasteiger partial charge in [0, 0.05) is 54.1 Å². The number of carbonyl (C=O) groups excluding carboxylic acids is 8. The van der Waals surface area contributed by atoms with Gasteiger partial charge in [-0.3, -0.25) is 43.3 Å². The second-order valence-electron chi connectivity index (χ2n) is 18.2. The van der Waals surface area contributed by atoms with Crippen LogP contribution in [-0.4, -0.2) is 121 Å². The number of imide groups is 1. The highest BCUT2D eigenvalue weighted by molar-refractivity contribution is 6.12. The van der Waals surface area contributed by atoms with Crippen molar-refractivity contribution in [3.05, 3.63) is 122 Å². The van der Waals surface area contributed by atoms with Crippen molar-refractivity contribution in [2.45, 2.75) is 90.3 Å². The van der Waals surface area contributed by atoms with Gasteiger partial charge in [0.15, 0.2) is 5.60 Å². The van der Waals surface area contributed by atoms with E-state index in [9.17, 15) is 52.6 Å². The highest BCUT2D eigenvalue weighted by Gasteiger charge is 2.45. The Morgan fingerprint density at radius 3 is 2.36 bits per heavy atom. The number of nitrogens with zero attached hydrogens (tertiary/aromatic N) is 6. The van der Waals surface area contributed by atoms with Crippen molar-refractivity contribution in [3.63, 3.8) is 0 Å². The van der Waals surface area contributed by atoms with Gasteiger partial charge in [0.25, 0.3) is 17.4 Å². The fourth-order valence-electron chi connectivity index (χ4n) is 8.95. The second-order valence-corrected chi connectivity index (χ2v) is 18.2. The van der Waals surface area contributed by atoms with Gasteiger partial charge < -0.3 is 45.7 Å². The third-order valence-electron chi connectivity index (χ3n) is 13.0. The molecular formula is C51H54FN11O12. The Bertz CT molecular complexity index is 3180. The molecule has 0 aliphatic carbocycles. The Morgan fingerprint density at radius 1 is 0.880 bits per heavy atom. The van der Waals surface area contributed by atoms with Gasteiger partial charge in [-0.25, -0.2) is 18.9 Å². The summed E-state index contributed by atoms with van der Waals surface area (Å²) < 4.78 is 28.9. The third kappa shape index (κ3) is 12.1. The number of benzene rings is 2. The van der Waals surface area contributed by atoms with E-state index in [0.29, 0.717) is 69.5 Å². The number of nitrogens with one attached hydrogen (secondary N) is 5. The molecule has 8 rings (SSSR count). The van der Waals surface area contributed by atoms with E-state index in [4.69, 9.17) is 14.5 Å². The SMILES string of the molecule is CC[C@@]1(O)C(=O)OCc2c1cc1n(c2=O)Cc2c-1nc1cc(F)c(C)cc1c2Cn1cc(COCNC(=O)CNC(=O)[C@@H](Cc2ccccc2)NC(=O)CNC(=O)CNC(=O)CCCCCN2C(=O)C=CC2=O)nn1. The molecule has 2 aromatic carbocycles. The molecule has 0 saturated carbocycles. The number of carbonyl (C=O) groups is 8. The smallest absolute Gasteiger partial charge is 0.343 e. The molecule has 24 heteroatoms. The van der Waals surface area contributed by atoms with E-state index in [1.165, 1.54) is 27.5 Å². The van der Waals surface area contributed by atoms with Gasteiger partial charge in [0.05, 0.1) is 68.0 Å². The number of esters is 1. The van der Waals surface area contributed by atoms with Crippen LogP contribution in [-0.2, 0) is 86.2 Å². The van der Waals surface area contributed by atoms with Crippen molar-refractivity contribution < 1.29 is 57.3 Å². The maximum Gasteiger partial charge on any atom is 0.343 e. The lowest BCUT2D eigenvalue weighted by Gasteiger charge is -2.31. The zero-order valence-electron chi connectivity index (χ0n) is 41.0. The van der Waals surface area contributed by atoms with E-state index in [-0.39, 0.29) is 81.8 Å². The number of unbranched alkanes of at least 4 members (excludes halogenated alkanes) is 2. The molecule has 392 valence electrons. The third-order valence-corrected chi connectivity index (χ3v) is 13.0. The number of pyridine rings is 2. The summed E-state index contributed by atoms with van der Waals surface area (Å²) >= 11 is 0. The topological polar surface area (TPSA) is 304 Å². The van der Waals surface area contributed by atoms with Crippen LogP contribution >= 0.6 is 0 Å². The number of aryl methyl sites for hydroxylation is 1. The number of hydrogen-bond acceptors (Lipinski definition) is 15. The summed E-state index contributed by atoms with van der Waals surface area (Å²) in [6.07, 6.45) is 5.76. The molecule has 0 unspecified atom stereocenters. The molecule has 3 aliphatic heterocycles. The monoisotopic (exact) mass is 1030 g/mol. The highest BCUT2D eigenvalue weighted by atomic mass is 19.1. The summed E-state index contributed by atoms with van der Waals surface area (Å²) in [5, 5.41) is 32.9. The van der Waals surface area contributed by atoms with Crippen LogP contribution in [0.3, 0.4) is 0 Å². The molecule has 0 saturated heterocycles. The van der Waals surface area contributed by atoms with Crippen molar-refractivity contribution in [1.82, 2.24) is 56.0 Å². The minimum absolute atomic E-state index is 0.0300. The molecule has 3 aliphatic rings. The average molecular weight is 1030 g/mol. The molecule has 6 N–H and O–H groups in total. The fourth-order valence-corrected chi connectivity index (χ4v) is 8.95. The maximum atomic E-state index is 15.0. The Labute approximate surface area is 427 Å². The van der Waals surface area contributed by atoms with Crippen molar-refractivity contribution in [1.29, 1.82) is 0 Å². The molecule has 0 fully saturated rings. The van der Waals surface area contributed by atoms with Gasteiger partial charge in [-0.1, -0.05) is 48.9 Å². The molecule has 23 nitrogen and oxygen atoms in total. The maximum absolute atomic E-state index is 15.0. The largest absolute Gasteiger partial charge is 0.458 e. The molecular weight excluding hydrogens is 978 g/mol. The van der Waals surface area contributed by atoms with Crippen LogP contribution in [0, 0.1) is 12.7 Å². The van der Waals surface area contributed by atoms with Crippen molar-refractivity contribution in [3.8, 4) is 11.4 Å². The van der Waals surface area contributed by atoms with E-state index in [1.807, 2.05) is 0 Å². The van der Waals surface area contributed by atoms with Crippen LogP contribution in [0.4, 0.5) is 4.39 Å². The van der Waals surface area contributed by atoms with Gasteiger partial charge in [-0.05, 0) is 55.0 Å². The predicted molar refractivity (Wildman–Crippen MR) is 262 cm³/mol. The number of amides is 7.